The summed E-state index contributed by atoms with van der Waals surface area (Å²) in [6.07, 6.45) is 3.44. The number of hydrogen-bond donors (Lipinski definition) is 1. The van der Waals surface area contributed by atoms with Gasteiger partial charge in [0.15, 0.2) is 0 Å². The van der Waals surface area contributed by atoms with Crippen LogP contribution in [0.15, 0.2) is 18.2 Å². The molecule has 0 spiro atoms. The Bertz CT molecular complexity index is 490. The predicted octanol–water partition coefficient (Wildman–Crippen LogP) is 2.31. The first kappa shape index (κ1) is 15.6. The van der Waals surface area contributed by atoms with Crippen LogP contribution in [0.4, 0.5) is 5.69 Å². The molecule has 1 saturated heterocycles. The highest BCUT2D eigenvalue weighted by molar-refractivity contribution is 5.90. The molecule has 0 aromatic heterocycles. The van der Waals surface area contributed by atoms with Gasteiger partial charge in [0.1, 0.15) is 5.75 Å². The average Bonchev–Trinajstić information content (AvgIpc) is 2.87. The molecule has 2 N–H and O–H groups in total. The zero-order valence-corrected chi connectivity index (χ0v) is 12.8. The van der Waals surface area contributed by atoms with Crippen molar-refractivity contribution in [1.29, 1.82) is 0 Å². The van der Waals surface area contributed by atoms with Crippen LogP contribution >= 0.6 is 0 Å². The third kappa shape index (κ3) is 4.11. The van der Waals surface area contributed by atoms with Crippen molar-refractivity contribution < 1.29 is 14.3 Å². The SMILES string of the molecule is CCOC(=O)c1ccc(N)c(OCCC2CCCN2C)c1. The summed E-state index contributed by atoms with van der Waals surface area (Å²) in [4.78, 5) is 14.1. The number of rotatable bonds is 6. The molecule has 5 heteroatoms. The minimum Gasteiger partial charge on any atom is -0.491 e. The molecule has 1 aromatic rings. The number of nitrogen functional groups attached to an aromatic ring is 1. The number of carbonyl (C=O) groups is 1. The van der Waals surface area contributed by atoms with Crippen LogP contribution in [0.1, 0.15) is 36.5 Å². The Labute approximate surface area is 126 Å². The number of ether oxygens (including phenoxy) is 2. The largest absolute Gasteiger partial charge is 0.491 e. The third-order valence-electron chi connectivity index (χ3n) is 3.90. The Kier molecular flexibility index (Phi) is 5.44. The second-order valence-corrected chi connectivity index (χ2v) is 5.39. The fraction of sp³-hybridized carbons (Fsp3) is 0.562. The lowest BCUT2D eigenvalue weighted by Crippen LogP contribution is -2.26. The Balaban J connectivity index is 1.92. The lowest BCUT2D eigenvalue weighted by Gasteiger charge is -2.19. The van der Waals surface area contributed by atoms with Crippen LogP contribution in [-0.4, -0.2) is 43.7 Å². The summed E-state index contributed by atoms with van der Waals surface area (Å²) in [5.41, 5.74) is 6.91. The number of esters is 1. The third-order valence-corrected chi connectivity index (χ3v) is 3.90. The Morgan fingerprint density at radius 1 is 1.48 bits per heavy atom. The van der Waals surface area contributed by atoms with Crippen molar-refractivity contribution in [3.63, 3.8) is 0 Å². The molecule has 1 aliphatic heterocycles. The van der Waals surface area contributed by atoms with Gasteiger partial charge in [-0.3, -0.25) is 0 Å². The maximum Gasteiger partial charge on any atom is 0.338 e. The van der Waals surface area contributed by atoms with Crippen LogP contribution in [0.5, 0.6) is 5.75 Å². The minimum absolute atomic E-state index is 0.349. The summed E-state index contributed by atoms with van der Waals surface area (Å²) in [7, 11) is 2.15. The predicted molar refractivity (Wildman–Crippen MR) is 82.6 cm³/mol. The topological polar surface area (TPSA) is 64.8 Å². The maximum absolute atomic E-state index is 11.7. The van der Waals surface area contributed by atoms with Gasteiger partial charge in [-0.15, -0.1) is 0 Å². The van der Waals surface area contributed by atoms with E-state index in [1.807, 2.05) is 0 Å². The van der Waals surface area contributed by atoms with Crippen molar-refractivity contribution in [3.05, 3.63) is 23.8 Å². The number of carbonyl (C=O) groups excluding carboxylic acids is 1. The highest BCUT2D eigenvalue weighted by Crippen LogP contribution is 2.24. The van der Waals surface area contributed by atoms with E-state index in [-0.39, 0.29) is 5.97 Å². The van der Waals surface area contributed by atoms with Crippen LogP contribution in [0.2, 0.25) is 0 Å². The van der Waals surface area contributed by atoms with Crippen LogP contribution in [0.25, 0.3) is 0 Å². The van der Waals surface area contributed by atoms with Crippen LogP contribution in [0, 0.1) is 0 Å². The lowest BCUT2D eigenvalue weighted by atomic mass is 10.1. The van der Waals surface area contributed by atoms with E-state index in [1.165, 1.54) is 12.8 Å². The van der Waals surface area contributed by atoms with Gasteiger partial charge in [-0.25, -0.2) is 4.79 Å². The number of anilines is 1. The van der Waals surface area contributed by atoms with E-state index >= 15 is 0 Å². The summed E-state index contributed by atoms with van der Waals surface area (Å²) in [6, 6.07) is 5.58. The highest BCUT2D eigenvalue weighted by atomic mass is 16.5. The molecule has 0 radical (unpaired) electrons. The molecule has 0 bridgehead atoms. The zero-order chi connectivity index (χ0) is 15.2. The second-order valence-electron chi connectivity index (χ2n) is 5.39. The van der Waals surface area contributed by atoms with Gasteiger partial charge < -0.3 is 20.1 Å². The summed E-state index contributed by atoms with van der Waals surface area (Å²) in [5, 5.41) is 0. The van der Waals surface area contributed by atoms with Crippen molar-refractivity contribution in [1.82, 2.24) is 4.90 Å². The first-order valence-corrected chi connectivity index (χ1v) is 7.51. The molecule has 0 saturated carbocycles. The molecule has 2 rings (SSSR count). The summed E-state index contributed by atoms with van der Waals surface area (Å²) in [6.45, 7) is 3.90. The number of likely N-dealkylation sites (tertiary alicyclic amines) is 1. The molecule has 0 amide bonds. The van der Waals surface area contributed by atoms with E-state index in [1.54, 1.807) is 25.1 Å². The van der Waals surface area contributed by atoms with Gasteiger partial charge in [-0.1, -0.05) is 0 Å². The van der Waals surface area contributed by atoms with Crippen molar-refractivity contribution in [2.24, 2.45) is 0 Å². The van der Waals surface area contributed by atoms with E-state index in [9.17, 15) is 4.79 Å². The summed E-state index contributed by atoms with van der Waals surface area (Å²) < 4.78 is 10.7. The van der Waals surface area contributed by atoms with Gasteiger partial charge in [-0.2, -0.15) is 0 Å². The van der Waals surface area contributed by atoms with Crippen LogP contribution in [0.3, 0.4) is 0 Å². The van der Waals surface area contributed by atoms with E-state index < -0.39 is 0 Å². The molecule has 21 heavy (non-hydrogen) atoms. The smallest absolute Gasteiger partial charge is 0.338 e. The normalized spacial score (nSPS) is 18.7. The molecule has 1 aromatic carbocycles. The Morgan fingerprint density at radius 3 is 2.95 bits per heavy atom. The lowest BCUT2D eigenvalue weighted by molar-refractivity contribution is 0.0526. The van der Waals surface area contributed by atoms with Gasteiger partial charge in [0.25, 0.3) is 0 Å². The minimum atomic E-state index is -0.349. The van der Waals surface area contributed by atoms with Gasteiger partial charge in [0.2, 0.25) is 0 Å². The van der Waals surface area contributed by atoms with Crippen molar-refractivity contribution in [3.8, 4) is 5.75 Å². The highest BCUT2D eigenvalue weighted by Gasteiger charge is 2.20. The molecule has 1 fully saturated rings. The molecule has 1 atom stereocenters. The molecule has 1 aliphatic rings. The molecule has 1 heterocycles. The first-order valence-electron chi connectivity index (χ1n) is 7.51. The number of nitrogens with zero attached hydrogens (tertiary/aromatic N) is 1. The molecule has 5 nitrogen and oxygen atoms in total. The maximum atomic E-state index is 11.7. The number of nitrogens with two attached hydrogens (primary N) is 1. The Morgan fingerprint density at radius 2 is 2.29 bits per heavy atom. The fourth-order valence-electron chi connectivity index (χ4n) is 2.65. The standard InChI is InChI=1S/C16H24N2O3/c1-3-20-16(19)12-6-7-14(17)15(11-12)21-10-8-13-5-4-9-18(13)2/h6-7,11,13H,3-5,8-10,17H2,1-2H3. The van der Waals surface area contributed by atoms with Crippen molar-refractivity contribution in [2.45, 2.75) is 32.2 Å². The molecule has 0 aliphatic carbocycles. The Hall–Kier alpha value is -1.75. The average molecular weight is 292 g/mol. The molecule has 116 valence electrons. The van der Waals surface area contributed by atoms with E-state index in [0.717, 1.165) is 13.0 Å². The zero-order valence-electron chi connectivity index (χ0n) is 12.8. The van der Waals surface area contributed by atoms with Crippen LogP contribution < -0.4 is 10.5 Å². The number of hydrogen-bond acceptors (Lipinski definition) is 5. The van der Waals surface area contributed by atoms with E-state index in [2.05, 4.69) is 11.9 Å². The van der Waals surface area contributed by atoms with Gasteiger partial charge in [-0.05, 0) is 58.0 Å². The van der Waals surface area contributed by atoms with Gasteiger partial charge >= 0.3 is 5.97 Å². The summed E-state index contributed by atoms with van der Waals surface area (Å²) in [5.74, 6) is 0.207. The first-order chi connectivity index (χ1) is 10.1. The summed E-state index contributed by atoms with van der Waals surface area (Å²) >= 11 is 0. The quantitative estimate of drug-likeness (QED) is 0.644. The molecular formula is C16H24N2O3. The van der Waals surface area contributed by atoms with Gasteiger partial charge in [0, 0.05) is 6.04 Å². The van der Waals surface area contributed by atoms with Gasteiger partial charge in [0.05, 0.1) is 24.5 Å². The van der Waals surface area contributed by atoms with E-state index in [4.69, 9.17) is 15.2 Å². The molecule has 1 unspecified atom stereocenters. The van der Waals surface area contributed by atoms with Crippen molar-refractivity contribution >= 4 is 11.7 Å². The fourth-order valence-corrected chi connectivity index (χ4v) is 2.65. The van der Waals surface area contributed by atoms with E-state index in [0.29, 0.717) is 36.3 Å². The molecular weight excluding hydrogens is 268 g/mol. The number of benzene rings is 1. The monoisotopic (exact) mass is 292 g/mol. The van der Waals surface area contributed by atoms with Crippen molar-refractivity contribution in [2.75, 3.05) is 32.5 Å². The second kappa shape index (κ2) is 7.31. The van der Waals surface area contributed by atoms with Crippen LogP contribution in [-0.2, 0) is 4.74 Å².